The van der Waals surface area contributed by atoms with Gasteiger partial charge in [-0.15, -0.1) is 0 Å². The largest absolute Gasteiger partial charge is 0.483 e. The van der Waals surface area contributed by atoms with Crippen LogP contribution in [0.4, 0.5) is 24.7 Å². The fraction of sp³-hybridized carbons (Fsp3) is 0.167. The molecule has 3 aromatic rings. The van der Waals surface area contributed by atoms with Gasteiger partial charge < -0.3 is 20.1 Å². The molecule has 0 unspecified atom stereocenters. The zero-order valence-electron chi connectivity index (χ0n) is 18.9. The minimum absolute atomic E-state index is 0.0227. The molecular formula is C24H18Cl2F3N3O5. The van der Waals surface area contributed by atoms with E-state index in [1.807, 2.05) is 0 Å². The van der Waals surface area contributed by atoms with Crippen LogP contribution in [0.3, 0.4) is 0 Å². The van der Waals surface area contributed by atoms with Crippen molar-refractivity contribution in [2.75, 3.05) is 17.2 Å². The second-order valence-electron chi connectivity index (χ2n) is 7.43. The van der Waals surface area contributed by atoms with E-state index in [9.17, 15) is 27.6 Å². The Morgan fingerprint density at radius 3 is 2.46 bits per heavy atom. The molecule has 0 spiro atoms. The zero-order valence-corrected chi connectivity index (χ0v) is 20.4. The number of rotatable bonds is 8. The number of amides is 2. The summed E-state index contributed by atoms with van der Waals surface area (Å²) in [5, 5.41) is 5.06. The number of pyridine rings is 1. The molecular weight excluding hydrogens is 538 g/mol. The molecule has 1 atom stereocenters. The number of ether oxygens (including phenoxy) is 2. The molecule has 1 aromatic heterocycles. The quantitative estimate of drug-likeness (QED) is 0.350. The molecule has 2 N–H and O–H groups in total. The fourth-order valence-corrected chi connectivity index (χ4v) is 3.30. The van der Waals surface area contributed by atoms with E-state index >= 15 is 0 Å². The predicted molar refractivity (Wildman–Crippen MR) is 130 cm³/mol. The Bertz CT molecular complexity index is 1320. The fourth-order valence-electron chi connectivity index (χ4n) is 2.88. The predicted octanol–water partition coefficient (Wildman–Crippen LogP) is 5.61. The highest BCUT2D eigenvalue weighted by atomic mass is 35.5. The van der Waals surface area contributed by atoms with Crippen LogP contribution in [0.25, 0.3) is 0 Å². The summed E-state index contributed by atoms with van der Waals surface area (Å²) in [7, 11) is 0. The molecule has 2 aromatic carbocycles. The maximum Gasteiger partial charge on any atom is 0.416 e. The van der Waals surface area contributed by atoms with Crippen LogP contribution in [0.5, 0.6) is 5.75 Å². The Kier molecular flexibility index (Phi) is 8.95. The van der Waals surface area contributed by atoms with Crippen LogP contribution in [-0.4, -0.2) is 35.5 Å². The van der Waals surface area contributed by atoms with Gasteiger partial charge >= 0.3 is 12.1 Å². The number of aromatic nitrogens is 1. The van der Waals surface area contributed by atoms with Gasteiger partial charge in [0.15, 0.2) is 18.5 Å². The van der Waals surface area contributed by atoms with Crippen molar-refractivity contribution in [2.45, 2.75) is 19.2 Å². The van der Waals surface area contributed by atoms with E-state index in [4.69, 9.17) is 32.7 Å². The Morgan fingerprint density at radius 1 is 1.03 bits per heavy atom. The third-order valence-electron chi connectivity index (χ3n) is 4.64. The molecule has 0 saturated carbocycles. The number of hydrogen-bond donors (Lipinski definition) is 2. The SMILES string of the molecule is C[C@H](OC(=O)c1ccccc1OCC(=O)Nc1cccc(C(F)(F)F)c1)C(=O)Nc1ncc(Cl)cc1Cl. The van der Waals surface area contributed by atoms with Crippen LogP contribution >= 0.6 is 23.2 Å². The minimum Gasteiger partial charge on any atom is -0.483 e. The number of halogens is 5. The van der Waals surface area contributed by atoms with Crippen molar-refractivity contribution in [3.05, 3.63) is 82.0 Å². The molecule has 8 nitrogen and oxygen atoms in total. The third kappa shape index (κ3) is 7.83. The second-order valence-corrected chi connectivity index (χ2v) is 8.28. The highest BCUT2D eigenvalue weighted by molar-refractivity contribution is 6.36. The second kappa shape index (κ2) is 11.9. The maximum atomic E-state index is 12.9. The lowest BCUT2D eigenvalue weighted by molar-refractivity contribution is -0.137. The summed E-state index contributed by atoms with van der Waals surface area (Å²) in [4.78, 5) is 41.2. The number of carbonyl (C=O) groups excluding carboxylic acids is 3. The summed E-state index contributed by atoms with van der Waals surface area (Å²) >= 11 is 11.7. The van der Waals surface area contributed by atoms with Crippen molar-refractivity contribution in [1.29, 1.82) is 0 Å². The molecule has 0 fully saturated rings. The summed E-state index contributed by atoms with van der Waals surface area (Å²) in [6.07, 6.45) is -4.56. The standard InChI is InChI=1S/C24H18Cl2F3N3O5/c1-13(22(34)32-21-18(26)10-15(25)11-30-21)37-23(35)17-7-2-3-8-19(17)36-12-20(33)31-16-6-4-5-14(9-16)24(27,28)29/h2-11,13H,12H2,1H3,(H,31,33)(H,30,32,34)/t13-/m0/s1. The van der Waals surface area contributed by atoms with E-state index in [2.05, 4.69) is 15.6 Å². The molecule has 0 radical (unpaired) electrons. The number of nitrogens with one attached hydrogen (secondary N) is 2. The first-order valence-electron chi connectivity index (χ1n) is 10.5. The van der Waals surface area contributed by atoms with Gasteiger partial charge in [-0.3, -0.25) is 9.59 Å². The Balaban J connectivity index is 1.60. The number of benzene rings is 2. The molecule has 0 saturated heterocycles. The summed E-state index contributed by atoms with van der Waals surface area (Å²) in [5.74, 6) is -2.42. The van der Waals surface area contributed by atoms with Crippen LogP contribution in [0.2, 0.25) is 10.0 Å². The van der Waals surface area contributed by atoms with Gasteiger partial charge in [-0.25, -0.2) is 9.78 Å². The van der Waals surface area contributed by atoms with Gasteiger partial charge in [-0.1, -0.05) is 41.4 Å². The number of anilines is 2. The van der Waals surface area contributed by atoms with E-state index in [0.29, 0.717) is 0 Å². The van der Waals surface area contributed by atoms with Crippen LogP contribution in [0, 0.1) is 0 Å². The molecule has 0 aliphatic heterocycles. The number of hydrogen-bond acceptors (Lipinski definition) is 6. The van der Waals surface area contributed by atoms with Crippen LogP contribution < -0.4 is 15.4 Å². The average Bonchev–Trinajstić information content (AvgIpc) is 2.84. The first-order chi connectivity index (χ1) is 17.4. The lowest BCUT2D eigenvalue weighted by Gasteiger charge is -2.15. The summed E-state index contributed by atoms with van der Waals surface area (Å²) in [6, 6.07) is 11.2. The highest BCUT2D eigenvalue weighted by Gasteiger charge is 2.30. The smallest absolute Gasteiger partial charge is 0.416 e. The first-order valence-corrected chi connectivity index (χ1v) is 11.2. The van der Waals surface area contributed by atoms with Crippen molar-refractivity contribution >= 4 is 52.5 Å². The van der Waals surface area contributed by atoms with Crippen molar-refractivity contribution in [3.63, 3.8) is 0 Å². The normalized spacial score (nSPS) is 11.8. The summed E-state index contributed by atoms with van der Waals surface area (Å²) in [6.45, 7) is 0.709. The molecule has 1 heterocycles. The van der Waals surface area contributed by atoms with E-state index in [1.54, 1.807) is 0 Å². The summed E-state index contributed by atoms with van der Waals surface area (Å²) in [5.41, 5.74) is -1.09. The molecule has 13 heteroatoms. The topological polar surface area (TPSA) is 107 Å². The Labute approximate surface area is 218 Å². The highest BCUT2D eigenvalue weighted by Crippen LogP contribution is 2.30. The molecule has 37 heavy (non-hydrogen) atoms. The van der Waals surface area contributed by atoms with Gasteiger partial charge in [0, 0.05) is 11.9 Å². The average molecular weight is 556 g/mol. The van der Waals surface area contributed by atoms with E-state index in [0.717, 1.165) is 18.2 Å². The summed E-state index contributed by atoms with van der Waals surface area (Å²) < 4.78 is 49.1. The van der Waals surface area contributed by atoms with Crippen molar-refractivity contribution in [2.24, 2.45) is 0 Å². The number of para-hydroxylation sites is 1. The molecule has 0 bridgehead atoms. The molecule has 3 rings (SSSR count). The van der Waals surface area contributed by atoms with Gasteiger partial charge in [0.25, 0.3) is 11.8 Å². The number of alkyl halides is 3. The van der Waals surface area contributed by atoms with Gasteiger partial charge in [0.05, 0.1) is 15.6 Å². The van der Waals surface area contributed by atoms with Crippen molar-refractivity contribution < 1.29 is 37.0 Å². The van der Waals surface area contributed by atoms with Gasteiger partial charge in [-0.05, 0) is 43.3 Å². The van der Waals surface area contributed by atoms with E-state index in [-0.39, 0.29) is 32.9 Å². The third-order valence-corrected chi connectivity index (χ3v) is 5.14. The van der Waals surface area contributed by atoms with Crippen LogP contribution in [0.15, 0.2) is 60.8 Å². The van der Waals surface area contributed by atoms with Crippen molar-refractivity contribution in [3.8, 4) is 5.75 Å². The van der Waals surface area contributed by atoms with Crippen LogP contribution in [-0.2, 0) is 20.5 Å². The van der Waals surface area contributed by atoms with Crippen LogP contribution in [0.1, 0.15) is 22.8 Å². The Hall–Kier alpha value is -3.83. The van der Waals surface area contributed by atoms with Gasteiger partial charge in [0.1, 0.15) is 11.3 Å². The lowest BCUT2D eigenvalue weighted by atomic mass is 10.2. The number of carbonyl (C=O) groups is 3. The molecule has 2 amide bonds. The lowest BCUT2D eigenvalue weighted by Crippen LogP contribution is -2.30. The first kappa shape index (κ1) is 27.8. The Morgan fingerprint density at radius 2 is 1.76 bits per heavy atom. The van der Waals surface area contributed by atoms with Crippen molar-refractivity contribution in [1.82, 2.24) is 4.98 Å². The van der Waals surface area contributed by atoms with Gasteiger partial charge in [-0.2, -0.15) is 13.2 Å². The molecule has 0 aliphatic carbocycles. The molecule has 194 valence electrons. The van der Waals surface area contributed by atoms with Gasteiger partial charge in [0.2, 0.25) is 0 Å². The number of nitrogens with zero attached hydrogens (tertiary/aromatic N) is 1. The monoisotopic (exact) mass is 555 g/mol. The number of esters is 1. The molecule has 0 aliphatic rings. The maximum absolute atomic E-state index is 12.9. The zero-order chi connectivity index (χ0) is 27.2. The van der Waals surface area contributed by atoms with E-state index in [1.165, 1.54) is 49.5 Å². The van der Waals surface area contributed by atoms with E-state index < -0.39 is 42.2 Å². The minimum atomic E-state index is -4.57.